The van der Waals surface area contributed by atoms with Crippen LogP contribution in [0.5, 0.6) is 11.5 Å². The van der Waals surface area contributed by atoms with Crippen molar-refractivity contribution < 1.29 is 32.5 Å². The van der Waals surface area contributed by atoms with Gasteiger partial charge in [-0.25, -0.2) is 0 Å². The van der Waals surface area contributed by atoms with Gasteiger partial charge in [0, 0.05) is 6.07 Å². The van der Waals surface area contributed by atoms with Crippen molar-refractivity contribution in [3.05, 3.63) is 83.4 Å². The van der Waals surface area contributed by atoms with Gasteiger partial charge < -0.3 is 14.6 Å². The fraction of sp³-hybridized carbons (Fsp3) is 0.240. The fourth-order valence-electron chi connectivity index (χ4n) is 3.68. The Balaban J connectivity index is 1.45. The zero-order valence-corrected chi connectivity index (χ0v) is 17.1. The molecular formula is C25H21F3O4. The Bertz CT molecular complexity index is 1110. The second-order valence-electron chi connectivity index (χ2n) is 7.71. The van der Waals surface area contributed by atoms with Crippen molar-refractivity contribution in [2.24, 2.45) is 5.92 Å². The molecule has 0 radical (unpaired) electrons. The van der Waals surface area contributed by atoms with Crippen molar-refractivity contribution in [1.29, 1.82) is 0 Å². The van der Waals surface area contributed by atoms with E-state index < -0.39 is 23.6 Å². The predicted molar refractivity (Wildman–Crippen MR) is 113 cm³/mol. The quantitative estimate of drug-likeness (QED) is 0.528. The molecule has 0 saturated heterocycles. The van der Waals surface area contributed by atoms with Crippen molar-refractivity contribution >= 4 is 5.97 Å². The summed E-state index contributed by atoms with van der Waals surface area (Å²) in [4.78, 5) is 11.3. The van der Waals surface area contributed by atoms with Gasteiger partial charge in [-0.1, -0.05) is 36.4 Å². The summed E-state index contributed by atoms with van der Waals surface area (Å²) in [6, 6.07) is 17.8. The van der Waals surface area contributed by atoms with Crippen LogP contribution in [0.4, 0.5) is 13.2 Å². The molecule has 0 bridgehead atoms. The minimum Gasteiger partial charge on any atom is -0.493 e. The molecule has 1 heterocycles. The first-order chi connectivity index (χ1) is 15.3. The van der Waals surface area contributed by atoms with E-state index in [9.17, 15) is 23.1 Å². The number of carbonyl (C=O) groups is 1. The van der Waals surface area contributed by atoms with Crippen LogP contribution < -0.4 is 9.47 Å². The average molecular weight is 442 g/mol. The number of benzene rings is 3. The third-order valence-electron chi connectivity index (χ3n) is 5.46. The lowest BCUT2D eigenvalue weighted by Crippen LogP contribution is -2.16. The van der Waals surface area contributed by atoms with Crippen molar-refractivity contribution in [1.82, 2.24) is 0 Å². The zero-order chi connectivity index (χ0) is 22.7. The highest BCUT2D eigenvalue weighted by molar-refractivity contribution is 5.71. The van der Waals surface area contributed by atoms with Crippen LogP contribution in [-0.4, -0.2) is 17.7 Å². The van der Waals surface area contributed by atoms with Crippen LogP contribution in [0.1, 0.15) is 23.1 Å². The van der Waals surface area contributed by atoms with Gasteiger partial charge in [0.05, 0.1) is 18.1 Å². The van der Waals surface area contributed by atoms with Crippen LogP contribution in [0.15, 0.2) is 66.7 Å². The number of alkyl halides is 3. The maximum absolute atomic E-state index is 12.8. The molecule has 32 heavy (non-hydrogen) atoms. The SMILES string of the molecule is O=C(O)[C@@H]1CCOc2cc(OCc3cccc(-c4ccc(C(F)(F)F)cc4)c3)ccc2C1. The predicted octanol–water partition coefficient (Wildman–Crippen LogP) is 5.98. The summed E-state index contributed by atoms with van der Waals surface area (Å²) >= 11 is 0. The number of hydrogen-bond acceptors (Lipinski definition) is 3. The number of carboxylic acids is 1. The molecule has 0 aromatic heterocycles. The van der Waals surface area contributed by atoms with Gasteiger partial charge in [-0.3, -0.25) is 4.79 Å². The smallest absolute Gasteiger partial charge is 0.416 e. The number of hydrogen-bond donors (Lipinski definition) is 1. The zero-order valence-electron chi connectivity index (χ0n) is 17.1. The standard InChI is InChI=1S/C25H21F3O4/c26-25(27,28)21-7-4-17(5-8-21)18-3-1-2-16(12-18)15-32-22-9-6-19-13-20(24(29)30)10-11-31-23(19)14-22/h1-9,12,14,20H,10-11,13,15H2,(H,29,30)/t20-/m1/s1. The van der Waals surface area contributed by atoms with E-state index in [0.29, 0.717) is 36.5 Å². The lowest BCUT2D eigenvalue weighted by Gasteiger charge is -2.12. The molecule has 0 spiro atoms. The number of carboxylic acid groups (broad SMARTS) is 1. The monoisotopic (exact) mass is 442 g/mol. The average Bonchev–Trinajstić information content (AvgIpc) is 3.00. The van der Waals surface area contributed by atoms with Crippen molar-refractivity contribution in [3.8, 4) is 22.6 Å². The second kappa shape index (κ2) is 8.94. The third kappa shape index (κ3) is 5.04. The van der Waals surface area contributed by atoms with Crippen LogP contribution >= 0.6 is 0 Å². The van der Waals surface area contributed by atoms with Crippen LogP contribution in [0.2, 0.25) is 0 Å². The van der Waals surface area contributed by atoms with Gasteiger partial charge >= 0.3 is 12.1 Å². The molecule has 3 aromatic carbocycles. The van der Waals surface area contributed by atoms with Gasteiger partial charge in [0.25, 0.3) is 0 Å². The molecule has 0 aliphatic carbocycles. The van der Waals surface area contributed by atoms with Crippen LogP contribution in [0.3, 0.4) is 0 Å². The molecule has 1 N–H and O–H groups in total. The number of fused-ring (bicyclic) bond motifs is 1. The van der Waals surface area contributed by atoms with Gasteiger partial charge in [-0.15, -0.1) is 0 Å². The minimum atomic E-state index is -4.36. The van der Waals surface area contributed by atoms with Gasteiger partial charge in [-0.05, 0) is 59.4 Å². The molecule has 1 atom stereocenters. The lowest BCUT2D eigenvalue weighted by molar-refractivity contribution is -0.142. The molecular weight excluding hydrogens is 421 g/mol. The highest BCUT2D eigenvalue weighted by atomic mass is 19.4. The van der Waals surface area contributed by atoms with Gasteiger partial charge in [-0.2, -0.15) is 13.2 Å². The summed E-state index contributed by atoms with van der Waals surface area (Å²) in [6.07, 6.45) is -3.49. The summed E-state index contributed by atoms with van der Waals surface area (Å²) in [7, 11) is 0. The molecule has 1 aliphatic heterocycles. The van der Waals surface area contributed by atoms with Crippen molar-refractivity contribution in [2.75, 3.05) is 6.61 Å². The molecule has 3 aromatic rings. The van der Waals surface area contributed by atoms with Crippen LogP contribution in [0, 0.1) is 5.92 Å². The van der Waals surface area contributed by atoms with E-state index in [1.54, 1.807) is 12.1 Å². The van der Waals surface area contributed by atoms with E-state index in [1.165, 1.54) is 12.1 Å². The van der Waals surface area contributed by atoms with Gasteiger partial charge in [0.2, 0.25) is 0 Å². The summed E-state index contributed by atoms with van der Waals surface area (Å²) < 4.78 is 49.9. The number of aliphatic carboxylic acids is 1. The first-order valence-electron chi connectivity index (χ1n) is 10.2. The van der Waals surface area contributed by atoms with Gasteiger partial charge in [0.1, 0.15) is 18.1 Å². The van der Waals surface area contributed by atoms with Crippen molar-refractivity contribution in [3.63, 3.8) is 0 Å². The van der Waals surface area contributed by atoms with E-state index in [-0.39, 0.29) is 6.61 Å². The largest absolute Gasteiger partial charge is 0.493 e. The number of rotatable bonds is 5. The van der Waals surface area contributed by atoms with Gasteiger partial charge in [0.15, 0.2) is 0 Å². The van der Waals surface area contributed by atoms with E-state index >= 15 is 0 Å². The molecule has 0 amide bonds. The molecule has 7 heteroatoms. The fourth-order valence-corrected chi connectivity index (χ4v) is 3.68. The Labute approximate surface area is 183 Å². The van der Waals surface area contributed by atoms with Crippen molar-refractivity contribution in [2.45, 2.75) is 25.6 Å². The van der Waals surface area contributed by atoms with E-state index in [1.807, 2.05) is 30.3 Å². The molecule has 0 fully saturated rings. The maximum Gasteiger partial charge on any atom is 0.416 e. The molecule has 0 saturated carbocycles. The van der Waals surface area contributed by atoms with E-state index in [2.05, 4.69) is 0 Å². The summed E-state index contributed by atoms with van der Waals surface area (Å²) in [5.41, 5.74) is 2.51. The Kier molecular flexibility index (Phi) is 6.08. The van der Waals surface area contributed by atoms with Crippen LogP contribution in [-0.2, 0) is 24.0 Å². The van der Waals surface area contributed by atoms with E-state index in [4.69, 9.17) is 9.47 Å². The highest BCUT2D eigenvalue weighted by Gasteiger charge is 2.30. The normalized spacial score (nSPS) is 15.9. The van der Waals surface area contributed by atoms with Crippen LogP contribution in [0.25, 0.3) is 11.1 Å². The molecule has 0 unspecified atom stereocenters. The first-order valence-corrected chi connectivity index (χ1v) is 10.2. The Morgan fingerprint density at radius 1 is 1.03 bits per heavy atom. The molecule has 166 valence electrons. The van der Waals surface area contributed by atoms with E-state index in [0.717, 1.165) is 28.8 Å². The maximum atomic E-state index is 12.8. The minimum absolute atomic E-state index is 0.269. The molecule has 1 aliphatic rings. The lowest BCUT2D eigenvalue weighted by atomic mass is 9.97. The first kappa shape index (κ1) is 21.7. The highest BCUT2D eigenvalue weighted by Crippen LogP contribution is 2.32. The molecule has 4 rings (SSSR count). The summed E-state index contributed by atoms with van der Waals surface area (Å²) in [6.45, 7) is 0.605. The Morgan fingerprint density at radius 3 is 2.53 bits per heavy atom. The summed E-state index contributed by atoms with van der Waals surface area (Å²) in [5, 5.41) is 9.28. The number of halogens is 3. The summed E-state index contributed by atoms with van der Waals surface area (Å²) in [5.74, 6) is -0.0622. The molecule has 4 nitrogen and oxygen atoms in total. The topological polar surface area (TPSA) is 55.8 Å². The second-order valence-corrected chi connectivity index (χ2v) is 7.71. The number of ether oxygens (including phenoxy) is 2. The third-order valence-corrected chi connectivity index (χ3v) is 5.46. The Morgan fingerprint density at radius 2 is 1.81 bits per heavy atom. The Hall–Kier alpha value is -3.48.